The SMILES string of the molecule is CN(C(=O)c1ccc(-n2cc(Br)cn2)cc1)c1nc2ccccc2s1. The number of carbonyl (C=O) groups excluding carboxylic acids is 1. The summed E-state index contributed by atoms with van der Waals surface area (Å²) in [5, 5.41) is 4.92. The van der Waals surface area contributed by atoms with Gasteiger partial charge in [0.05, 0.1) is 26.6 Å². The molecule has 0 aliphatic carbocycles. The van der Waals surface area contributed by atoms with Crippen LogP contribution in [0.1, 0.15) is 10.4 Å². The van der Waals surface area contributed by atoms with E-state index in [1.54, 1.807) is 35.0 Å². The number of thiazole rings is 1. The van der Waals surface area contributed by atoms with Crippen LogP contribution in [0.15, 0.2) is 65.4 Å². The molecule has 0 spiro atoms. The van der Waals surface area contributed by atoms with Crippen LogP contribution in [-0.2, 0) is 0 Å². The minimum Gasteiger partial charge on any atom is -0.287 e. The maximum Gasteiger partial charge on any atom is 0.259 e. The maximum absolute atomic E-state index is 12.7. The molecule has 1 amide bonds. The van der Waals surface area contributed by atoms with Crippen LogP contribution >= 0.6 is 27.3 Å². The van der Waals surface area contributed by atoms with Gasteiger partial charge in [0.25, 0.3) is 5.91 Å². The Balaban J connectivity index is 1.59. The minimum absolute atomic E-state index is 0.0905. The van der Waals surface area contributed by atoms with Crippen LogP contribution in [0.25, 0.3) is 15.9 Å². The van der Waals surface area contributed by atoms with E-state index in [0.29, 0.717) is 10.7 Å². The van der Waals surface area contributed by atoms with Gasteiger partial charge >= 0.3 is 0 Å². The van der Waals surface area contributed by atoms with Crippen LogP contribution in [0, 0.1) is 0 Å². The monoisotopic (exact) mass is 412 g/mol. The van der Waals surface area contributed by atoms with Crippen molar-refractivity contribution in [2.45, 2.75) is 0 Å². The second kappa shape index (κ2) is 6.42. The molecule has 7 heteroatoms. The summed E-state index contributed by atoms with van der Waals surface area (Å²) in [4.78, 5) is 18.9. The second-order valence-corrected chi connectivity index (χ2v) is 7.40. The fourth-order valence-electron chi connectivity index (χ4n) is 2.48. The third-order valence-corrected chi connectivity index (χ3v) is 5.33. The van der Waals surface area contributed by atoms with E-state index in [1.807, 2.05) is 42.6 Å². The molecule has 0 atom stereocenters. The Kier molecular flexibility index (Phi) is 4.10. The molecule has 0 fully saturated rings. The number of nitrogens with zero attached hydrogens (tertiary/aromatic N) is 4. The highest BCUT2D eigenvalue weighted by Crippen LogP contribution is 2.28. The van der Waals surface area contributed by atoms with E-state index in [4.69, 9.17) is 0 Å². The zero-order chi connectivity index (χ0) is 17.4. The fourth-order valence-corrected chi connectivity index (χ4v) is 3.69. The predicted octanol–water partition coefficient (Wildman–Crippen LogP) is 4.52. The lowest BCUT2D eigenvalue weighted by Crippen LogP contribution is -2.26. The Morgan fingerprint density at radius 1 is 1.16 bits per heavy atom. The average Bonchev–Trinajstić information content (AvgIpc) is 3.26. The molecule has 25 heavy (non-hydrogen) atoms. The van der Waals surface area contributed by atoms with E-state index in [-0.39, 0.29) is 5.91 Å². The first-order valence-electron chi connectivity index (χ1n) is 7.56. The number of halogens is 1. The summed E-state index contributed by atoms with van der Waals surface area (Å²) < 4.78 is 3.72. The number of anilines is 1. The molecule has 2 aromatic carbocycles. The summed E-state index contributed by atoms with van der Waals surface area (Å²) in [6, 6.07) is 15.2. The van der Waals surface area contributed by atoms with Crippen LogP contribution < -0.4 is 4.90 Å². The summed E-state index contributed by atoms with van der Waals surface area (Å²) in [6.07, 6.45) is 3.59. The quantitative estimate of drug-likeness (QED) is 0.496. The zero-order valence-electron chi connectivity index (χ0n) is 13.3. The lowest BCUT2D eigenvalue weighted by Gasteiger charge is -2.14. The molecule has 124 valence electrons. The highest BCUT2D eigenvalue weighted by Gasteiger charge is 2.17. The van der Waals surface area contributed by atoms with Gasteiger partial charge in [-0.2, -0.15) is 5.10 Å². The second-order valence-electron chi connectivity index (χ2n) is 5.48. The molecule has 0 saturated heterocycles. The number of para-hydroxylation sites is 1. The Labute approximate surface area is 156 Å². The van der Waals surface area contributed by atoms with Crippen molar-refractivity contribution in [1.29, 1.82) is 0 Å². The van der Waals surface area contributed by atoms with E-state index >= 15 is 0 Å². The third-order valence-electron chi connectivity index (χ3n) is 3.80. The Bertz CT molecular complexity index is 1020. The molecular weight excluding hydrogens is 400 g/mol. The van der Waals surface area contributed by atoms with Gasteiger partial charge in [-0.05, 0) is 52.3 Å². The number of benzene rings is 2. The van der Waals surface area contributed by atoms with Crippen LogP contribution in [0.2, 0.25) is 0 Å². The van der Waals surface area contributed by atoms with Crippen molar-refractivity contribution in [3.8, 4) is 5.69 Å². The first-order valence-corrected chi connectivity index (χ1v) is 9.17. The molecule has 0 unspecified atom stereocenters. The number of rotatable bonds is 3. The van der Waals surface area contributed by atoms with E-state index in [9.17, 15) is 4.79 Å². The topological polar surface area (TPSA) is 51.0 Å². The molecule has 0 N–H and O–H groups in total. The first kappa shape index (κ1) is 16.0. The molecule has 0 bridgehead atoms. The van der Waals surface area contributed by atoms with Gasteiger partial charge in [-0.3, -0.25) is 9.69 Å². The first-order chi connectivity index (χ1) is 12.1. The van der Waals surface area contributed by atoms with Crippen LogP contribution in [-0.4, -0.2) is 27.7 Å². The number of aromatic nitrogens is 3. The van der Waals surface area contributed by atoms with Crippen LogP contribution in [0.5, 0.6) is 0 Å². The molecule has 5 nitrogen and oxygen atoms in total. The number of fused-ring (bicyclic) bond motifs is 1. The fraction of sp³-hybridized carbons (Fsp3) is 0.0556. The van der Waals surface area contributed by atoms with Gasteiger partial charge in [-0.15, -0.1) is 0 Å². The largest absolute Gasteiger partial charge is 0.287 e. The Morgan fingerprint density at radius 3 is 2.60 bits per heavy atom. The summed E-state index contributed by atoms with van der Waals surface area (Å²) in [6.45, 7) is 0. The lowest BCUT2D eigenvalue weighted by atomic mass is 10.2. The number of carbonyl (C=O) groups is 1. The molecule has 2 heterocycles. The van der Waals surface area contributed by atoms with E-state index < -0.39 is 0 Å². The van der Waals surface area contributed by atoms with Crippen LogP contribution in [0.3, 0.4) is 0 Å². The van der Waals surface area contributed by atoms with Gasteiger partial charge in [0.15, 0.2) is 5.13 Å². The van der Waals surface area contributed by atoms with Gasteiger partial charge in [-0.25, -0.2) is 9.67 Å². The lowest BCUT2D eigenvalue weighted by molar-refractivity contribution is 0.0993. The van der Waals surface area contributed by atoms with Crippen molar-refractivity contribution in [2.24, 2.45) is 0 Å². The molecule has 4 rings (SSSR count). The van der Waals surface area contributed by atoms with Crippen molar-refractivity contribution in [3.05, 3.63) is 71.0 Å². The summed E-state index contributed by atoms with van der Waals surface area (Å²) in [7, 11) is 1.75. The maximum atomic E-state index is 12.7. The van der Waals surface area contributed by atoms with Crippen molar-refractivity contribution < 1.29 is 4.79 Å². The van der Waals surface area contributed by atoms with Crippen molar-refractivity contribution in [3.63, 3.8) is 0 Å². The summed E-state index contributed by atoms with van der Waals surface area (Å²) in [5.41, 5.74) is 2.41. The molecular formula is C18H13BrN4OS. The number of hydrogen-bond acceptors (Lipinski definition) is 4. The highest BCUT2D eigenvalue weighted by molar-refractivity contribution is 9.10. The smallest absolute Gasteiger partial charge is 0.259 e. The Morgan fingerprint density at radius 2 is 1.92 bits per heavy atom. The highest BCUT2D eigenvalue weighted by atomic mass is 79.9. The van der Waals surface area contributed by atoms with E-state index in [0.717, 1.165) is 20.4 Å². The van der Waals surface area contributed by atoms with Crippen molar-refractivity contribution in [1.82, 2.24) is 14.8 Å². The zero-order valence-corrected chi connectivity index (χ0v) is 15.7. The predicted molar refractivity (Wildman–Crippen MR) is 104 cm³/mol. The summed E-state index contributed by atoms with van der Waals surface area (Å²) >= 11 is 4.88. The Hall–Kier alpha value is -2.51. The summed E-state index contributed by atoms with van der Waals surface area (Å²) in [5.74, 6) is -0.0905. The standard InChI is InChI=1S/C18H13BrN4OS/c1-22(18-21-15-4-2-3-5-16(15)25-18)17(24)12-6-8-14(9-7-12)23-11-13(19)10-20-23/h2-11H,1H3. The van der Waals surface area contributed by atoms with Crippen LogP contribution in [0.4, 0.5) is 5.13 Å². The van der Waals surface area contributed by atoms with E-state index in [2.05, 4.69) is 26.0 Å². The van der Waals surface area contributed by atoms with Gasteiger partial charge in [-0.1, -0.05) is 23.5 Å². The third kappa shape index (κ3) is 3.08. The molecule has 0 aliphatic rings. The van der Waals surface area contributed by atoms with Gasteiger partial charge in [0.1, 0.15) is 0 Å². The van der Waals surface area contributed by atoms with E-state index in [1.165, 1.54) is 11.3 Å². The minimum atomic E-state index is -0.0905. The molecule has 2 aromatic heterocycles. The number of hydrogen-bond donors (Lipinski definition) is 0. The molecule has 0 radical (unpaired) electrons. The molecule has 0 saturated carbocycles. The number of amides is 1. The normalized spacial score (nSPS) is 11.0. The molecule has 0 aliphatic heterocycles. The van der Waals surface area contributed by atoms with Crippen molar-refractivity contribution >= 4 is 48.5 Å². The van der Waals surface area contributed by atoms with Crippen molar-refractivity contribution in [2.75, 3.05) is 11.9 Å². The van der Waals surface area contributed by atoms with Gasteiger partial charge in [0.2, 0.25) is 0 Å². The van der Waals surface area contributed by atoms with Gasteiger partial charge in [0, 0.05) is 18.8 Å². The van der Waals surface area contributed by atoms with Gasteiger partial charge < -0.3 is 0 Å². The molecule has 4 aromatic rings. The average molecular weight is 413 g/mol.